The first-order chi connectivity index (χ1) is 9.84. The largest absolute Gasteiger partial charge is 0.485 e. The van der Waals surface area contributed by atoms with Crippen molar-refractivity contribution in [3.8, 4) is 5.75 Å². The highest BCUT2D eigenvalue weighted by molar-refractivity contribution is 6.13. The third-order valence-electron chi connectivity index (χ3n) is 4.22. The minimum atomic E-state index is 0.595. The van der Waals surface area contributed by atoms with E-state index < -0.39 is 0 Å². The minimum absolute atomic E-state index is 0.595. The molecule has 0 bridgehead atoms. The van der Waals surface area contributed by atoms with Crippen molar-refractivity contribution in [2.75, 3.05) is 0 Å². The van der Waals surface area contributed by atoms with Crippen LogP contribution in [-0.4, -0.2) is 9.38 Å². The Morgan fingerprint density at radius 1 is 1.00 bits per heavy atom. The lowest BCUT2D eigenvalue weighted by atomic mass is 10.0. The third-order valence-corrected chi connectivity index (χ3v) is 4.22. The van der Waals surface area contributed by atoms with Crippen LogP contribution < -0.4 is 4.74 Å². The molecule has 96 valence electrons. The molecule has 3 heterocycles. The van der Waals surface area contributed by atoms with Gasteiger partial charge in [-0.15, -0.1) is 0 Å². The second-order valence-electron chi connectivity index (χ2n) is 5.29. The van der Waals surface area contributed by atoms with Gasteiger partial charge in [-0.25, -0.2) is 4.98 Å². The maximum atomic E-state index is 5.91. The lowest BCUT2D eigenvalue weighted by molar-refractivity contribution is 0.294. The molecule has 3 heteroatoms. The summed E-state index contributed by atoms with van der Waals surface area (Å²) in [6.07, 6.45) is 0. The summed E-state index contributed by atoms with van der Waals surface area (Å²) in [4.78, 5) is 4.78. The maximum absolute atomic E-state index is 5.91. The molecular weight excluding hydrogens is 248 g/mol. The third kappa shape index (κ3) is 1.05. The summed E-state index contributed by atoms with van der Waals surface area (Å²) in [6.45, 7) is 2.65. The number of hydrogen-bond acceptors (Lipinski definition) is 2. The van der Waals surface area contributed by atoms with E-state index in [-0.39, 0.29) is 0 Å². The quantitative estimate of drug-likeness (QED) is 0.449. The minimum Gasteiger partial charge on any atom is -0.485 e. The maximum Gasteiger partial charge on any atom is 0.145 e. The molecule has 0 radical (unpaired) electrons. The Kier molecular flexibility index (Phi) is 1.70. The molecule has 0 saturated carbocycles. The zero-order valence-corrected chi connectivity index (χ0v) is 11.1. The normalized spacial score (nSPS) is 13.4. The number of fused-ring (bicyclic) bond motifs is 3. The summed E-state index contributed by atoms with van der Waals surface area (Å²) >= 11 is 0. The summed E-state index contributed by atoms with van der Waals surface area (Å²) < 4.78 is 8.18. The lowest BCUT2D eigenvalue weighted by Gasteiger charge is -2.19. The highest BCUT2D eigenvalue weighted by Gasteiger charge is 2.21. The summed E-state index contributed by atoms with van der Waals surface area (Å²) in [7, 11) is 0. The number of nitrogens with zero attached hydrogens (tertiary/aromatic N) is 2. The number of aromatic nitrogens is 2. The van der Waals surface area contributed by atoms with Crippen LogP contribution in [0.15, 0.2) is 42.5 Å². The number of pyridine rings is 1. The first-order valence-electron chi connectivity index (χ1n) is 6.79. The fourth-order valence-electron chi connectivity index (χ4n) is 3.30. The van der Waals surface area contributed by atoms with Gasteiger partial charge in [0, 0.05) is 10.8 Å². The van der Waals surface area contributed by atoms with Crippen LogP contribution in [0.25, 0.3) is 27.3 Å². The number of hydrogen-bond donors (Lipinski definition) is 0. The molecule has 5 rings (SSSR count). The first-order valence-corrected chi connectivity index (χ1v) is 6.79. The summed E-state index contributed by atoms with van der Waals surface area (Å²) in [5.74, 6) is 0.947. The molecule has 0 atom stereocenters. The van der Waals surface area contributed by atoms with E-state index in [0.717, 1.165) is 28.3 Å². The molecule has 1 aliphatic heterocycles. The smallest absolute Gasteiger partial charge is 0.145 e. The van der Waals surface area contributed by atoms with Gasteiger partial charge in [0.1, 0.15) is 18.0 Å². The Hall–Kier alpha value is -2.55. The Morgan fingerprint density at radius 2 is 1.80 bits per heavy atom. The summed E-state index contributed by atoms with van der Waals surface area (Å²) in [5, 5.41) is 3.66. The van der Waals surface area contributed by atoms with Crippen molar-refractivity contribution in [2.45, 2.75) is 13.5 Å². The number of benzene rings is 2. The molecule has 0 amide bonds. The lowest BCUT2D eigenvalue weighted by Crippen LogP contribution is -2.09. The second-order valence-corrected chi connectivity index (χ2v) is 5.29. The topological polar surface area (TPSA) is 26.5 Å². The van der Waals surface area contributed by atoms with Crippen LogP contribution >= 0.6 is 0 Å². The van der Waals surface area contributed by atoms with Crippen LogP contribution in [0.3, 0.4) is 0 Å². The van der Waals surface area contributed by atoms with Crippen molar-refractivity contribution in [3.05, 3.63) is 53.9 Å². The van der Waals surface area contributed by atoms with Crippen LogP contribution in [0.4, 0.5) is 0 Å². The number of rotatable bonds is 0. The van der Waals surface area contributed by atoms with Crippen LogP contribution in [-0.2, 0) is 6.61 Å². The molecule has 0 spiro atoms. The Morgan fingerprint density at radius 3 is 2.70 bits per heavy atom. The predicted octanol–water partition coefficient (Wildman–Crippen LogP) is 3.84. The van der Waals surface area contributed by atoms with Gasteiger partial charge in [-0.3, -0.25) is 4.40 Å². The first kappa shape index (κ1) is 10.3. The van der Waals surface area contributed by atoms with E-state index in [2.05, 4.69) is 47.7 Å². The molecule has 0 saturated heterocycles. The zero-order valence-electron chi connectivity index (χ0n) is 11.1. The van der Waals surface area contributed by atoms with Crippen molar-refractivity contribution >= 4 is 27.3 Å². The standard InChI is InChI=1S/C17H12N2O/c1-10-14-9-20-15-8-4-7-12-11-5-2-3-6-13(11)17(18-10)19(14)16(12)15/h2-8H,9H2,1H3. The van der Waals surface area contributed by atoms with Crippen molar-refractivity contribution < 1.29 is 4.74 Å². The molecule has 4 aromatic rings. The summed E-state index contributed by atoms with van der Waals surface area (Å²) in [5.41, 5.74) is 4.39. The highest BCUT2D eigenvalue weighted by Crippen LogP contribution is 2.38. The average molecular weight is 260 g/mol. The molecule has 3 nitrogen and oxygen atoms in total. The van der Waals surface area contributed by atoms with Gasteiger partial charge in [-0.2, -0.15) is 0 Å². The molecule has 0 unspecified atom stereocenters. The number of ether oxygens (including phenoxy) is 1. The van der Waals surface area contributed by atoms with Gasteiger partial charge in [-0.1, -0.05) is 36.4 Å². The summed E-state index contributed by atoms with van der Waals surface area (Å²) in [6, 6.07) is 14.7. The highest BCUT2D eigenvalue weighted by atomic mass is 16.5. The SMILES string of the molecule is Cc1nc2c3ccccc3c3cccc4c3n2c1CO4. The van der Waals surface area contributed by atoms with Crippen molar-refractivity contribution in [1.82, 2.24) is 9.38 Å². The molecule has 1 aliphatic rings. The van der Waals surface area contributed by atoms with E-state index in [1.807, 2.05) is 6.07 Å². The van der Waals surface area contributed by atoms with Crippen LogP contribution in [0.2, 0.25) is 0 Å². The van der Waals surface area contributed by atoms with Crippen LogP contribution in [0.5, 0.6) is 5.75 Å². The zero-order chi connectivity index (χ0) is 13.3. The van der Waals surface area contributed by atoms with E-state index in [4.69, 9.17) is 9.72 Å². The van der Waals surface area contributed by atoms with Gasteiger partial charge in [-0.05, 0) is 18.4 Å². The Labute approximate surface area is 115 Å². The van der Waals surface area contributed by atoms with Crippen LogP contribution in [0, 0.1) is 6.92 Å². The molecular formula is C17H12N2O. The molecule has 0 aliphatic carbocycles. The monoisotopic (exact) mass is 260 g/mol. The number of imidazole rings is 1. The van der Waals surface area contributed by atoms with Gasteiger partial charge < -0.3 is 4.74 Å². The van der Waals surface area contributed by atoms with Crippen LogP contribution in [0.1, 0.15) is 11.4 Å². The van der Waals surface area contributed by atoms with E-state index >= 15 is 0 Å². The van der Waals surface area contributed by atoms with E-state index in [9.17, 15) is 0 Å². The van der Waals surface area contributed by atoms with Gasteiger partial charge in [0.25, 0.3) is 0 Å². The van der Waals surface area contributed by atoms with Crippen molar-refractivity contribution in [2.24, 2.45) is 0 Å². The van der Waals surface area contributed by atoms with E-state index in [1.54, 1.807) is 0 Å². The number of aryl methyl sites for hydroxylation is 1. The van der Waals surface area contributed by atoms with Gasteiger partial charge in [0.05, 0.1) is 16.9 Å². The molecule has 0 fully saturated rings. The van der Waals surface area contributed by atoms with E-state index in [1.165, 1.54) is 16.2 Å². The fraction of sp³-hybridized carbons (Fsp3) is 0.118. The Balaban J connectivity index is 2.26. The van der Waals surface area contributed by atoms with Crippen molar-refractivity contribution in [3.63, 3.8) is 0 Å². The van der Waals surface area contributed by atoms with Crippen molar-refractivity contribution in [1.29, 1.82) is 0 Å². The second kappa shape index (κ2) is 3.31. The van der Waals surface area contributed by atoms with Gasteiger partial charge >= 0.3 is 0 Å². The van der Waals surface area contributed by atoms with E-state index in [0.29, 0.717) is 6.61 Å². The van der Waals surface area contributed by atoms with Gasteiger partial charge in [0.15, 0.2) is 0 Å². The molecule has 2 aromatic carbocycles. The van der Waals surface area contributed by atoms with Gasteiger partial charge in [0.2, 0.25) is 0 Å². The average Bonchev–Trinajstić information content (AvgIpc) is 2.84. The molecule has 20 heavy (non-hydrogen) atoms. The number of para-hydroxylation sites is 1. The molecule has 2 aromatic heterocycles. The molecule has 0 N–H and O–H groups in total. The fourth-order valence-corrected chi connectivity index (χ4v) is 3.30. The predicted molar refractivity (Wildman–Crippen MR) is 79.3 cm³/mol. The Bertz CT molecular complexity index is 1010.